The minimum absolute atomic E-state index is 0.0431. The van der Waals surface area contributed by atoms with Crippen LogP contribution in [0.25, 0.3) is 0 Å². The van der Waals surface area contributed by atoms with Gasteiger partial charge in [-0.3, -0.25) is 9.79 Å². The van der Waals surface area contributed by atoms with Gasteiger partial charge in [0, 0.05) is 39.3 Å². The smallest absolute Gasteiger partial charge is 0.227 e. The number of guanidine groups is 1. The fraction of sp³-hybridized carbons (Fsp3) is 0.632. The Labute approximate surface area is 151 Å². The zero-order valence-corrected chi connectivity index (χ0v) is 15.9. The highest BCUT2D eigenvalue weighted by molar-refractivity contribution is 5.90. The standard InChI is InChI=1S/C19H31N5O/c1-14(2)11-16-8-10-24(13-16)19(20-4)21-9-7-18(25)23-17-6-5-15(3)12-22-17/h5-6,12,14,16H,7-11,13H2,1-4H3,(H,20,21)(H,22,23,25). The lowest BCUT2D eigenvalue weighted by molar-refractivity contribution is -0.116. The summed E-state index contributed by atoms with van der Waals surface area (Å²) in [5, 5.41) is 6.12. The van der Waals surface area contributed by atoms with E-state index in [1.54, 1.807) is 13.2 Å². The van der Waals surface area contributed by atoms with Gasteiger partial charge in [0.05, 0.1) is 0 Å². The predicted octanol–water partition coefficient (Wildman–Crippen LogP) is 2.66. The van der Waals surface area contributed by atoms with Crippen molar-refractivity contribution < 1.29 is 4.79 Å². The number of nitrogens with one attached hydrogen (secondary N) is 2. The fourth-order valence-electron chi connectivity index (χ4n) is 3.25. The van der Waals surface area contributed by atoms with Crippen LogP contribution in [-0.2, 0) is 4.79 Å². The number of hydrogen-bond donors (Lipinski definition) is 2. The van der Waals surface area contributed by atoms with Crippen LogP contribution in [-0.4, -0.2) is 48.4 Å². The summed E-state index contributed by atoms with van der Waals surface area (Å²) in [6.45, 7) is 9.18. The summed E-state index contributed by atoms with van der Waals surface area (Å²) in [6.07, 6.45) is 4.62. The number of anilines is 1. The van der Waals surface area contributed by atoms with E-state index in [1.807, 2.05) is 19.1 Å². The minimum Gasteiger partial charge on any atom is -0.356 e. The normalized spacial score (nSPS) is 17.9. The van der Waals surface area contributed by atoms with Gasteiger partial charge in [0.15, 0.2) is 5.96 Å². The highest BCUT2D eigenvalue weighted by Gasteiger charge is 2.25. The molecule has 1 aliphatic heterocycles. The maximum Gasteiger partial charge on any atom is 0.227 e. The molecule has 2 rings (SSSR count). The van der Waals surface area contributed by atoms with Crippen LogP contribution in [0, 0.1) is 18.8 Å². The summed E-state index contributed by atoms with van der Waals surface area (Å²) in [4.78, 5) is 22.9. The first-order valence-corrected chi connectivity index (χ1v) is 9.16. The van der Waals surface area contributed by atoms with Crippen molar-refractivity contribution in [2.45, 2.75) is 40.0 Å². The maximum atomic E-state index is 12.0. The lowest BCUT2D eigenvalue weighted by atomic mass is 9.97. The summed E-state index contributed by atoms with van der Waals surface area (Å²) in [5.41, 5.74) is 1.07. The van der Waals surface area contributed by atoms with Gasteiger partial charge in [-0.15, -0.1) is 0 Å². The van der Waals surface area contributed by atoms with E-state index >= 15 is 0 Å². The Morgan fingerprint density at radius 3 is 2.88 bits per heavy atom. The Kier molecular flexibility index (Phi) is 7.22. The number of aliphatic imine (C=N–C) groups is 1. The van der Waals surface area contributed by atoms with Crippen LogP contribution in [0.5, 0.6) is 0 Å². The molecule has 1 aromatic heterocycles. The van der Waals surface area contributed by atoms with Gasteiger partial charge in [-0.05, 0) is 43.2 Å². The quantitative estimate of drug-likeness (QED) is 0.614. The SMILES string of the molecule is CN=C(NCCC(=O)Nc1ccc(C)cn1)N1CCC(CC(C)C)C1. The molecule has 1 amide bonds. The highest BCUT2D eigenvalue weighted by Crippen LogP contribution is 2.23. The number of carbonyl (C=O) groups is 1. The van der Waals surface area contributed by atoms with Crippen molar-refractivity contribution in [3.05, 3.63) is 23.9 Å². The van der Waals surface area contributed by atoms with Crippen molar-refractivity contribution in [3.63, 3.8) is 0 Å². The van der Waals surface area contributed by atoms with Crippen LogP contribution >= 0.6 is 0 Å². The molecule has 1 saturated heterocycles. The molecule has 0 bridgehead atoms. The monoisotopic (exact) mass is 345 g/mol. The molecule has 0 radical (unpaired) electrons. The molecule has 1 unspecified atom stereocenters. The predicted molar refractivity (Wildman–Crippen MR) is 103 cm³/mol. The number of likely N-dealkylation sites (tertiary alicyclic amines) is 1. The number of hydrogen-bond acceptors (Lipinski definition) is 3. The van der Waals surface area contributed by atoms with E-state index in [-0.39, 0.29) is 5.91 Å². The van der Waals surface area contributed by atoms with E-state index in [1.165, 1.54) is 12.8 Å². The van der Waals surface area contributed by atoms with Crippen LogP contribution in [0.15, 0.2) is 23.3 Å². The van der Waals surface area contributed by atoms with E-state index in [9.17, 15) is 4.79 Å². The molecule has 0 spiro atoms. The van der Waals surface area contributed by atoms with Crippen LogP contribution < -0.4 is 10.6 Å². The third-order valence-electron chi connectivity index (χ3n) is 4.42. The second-order valence-electron chi connectivity index (χ2n) is 7.22. The third-order valence-corrected chi connectivity index (χ3v) is 4.42. The van der Waals surface area contributed by atoms with Gasteiger partial charge in [0.2, 0.25) is 5.91 Å². The van der Waals surface area contributed by atoms with Crippen LogP contribution in [0.4, 0.5) is 5.82 Å². The van der Waals surface area contributed by atoms with E-state index in [0.29, 0.717) is 18.8 Å². The van der Waals surface area contributed by atoms with Gasteiger partial charge >= 0.3 is 0 Å². The van der Waals surface area contributed by atoms with E-state index < -0.39 is 0 Å². The number of carbonyl (C=O) groups excluding carboxylic acids is 1. The molecule has 138 valence electrons. The molecule has 0 saturated carbocycles. The van der Waals surface area contributed by atoms with Crippen molar-refractivity contribution in [3.8, 4) is 0 Å². The zero-order chi connectivity index (χ0) is 18.2. The number of amides is 1. The van der Waals surface area contributed by atoms with Gasteiger partial charge < -0.3 is 15.5 Å². The number of aryl methyl sites for hydroxylation is 1. The molecule has 1 fully saturated rings. The average Bonchev–Trinajstić information content (AvgIpc) is 3.01. The summed E-state index contributed by atoms with van der Waals surface area (Å²) >= 11 is 0. The van der Waals surface area contributed by atoms with Crippen molar-refractivity contribution >= 4 is 17.7 Å². The second kappa shape index (κ2) is 9.39. The number of rotatable bonds is 6. The molecular formula is C19H31N5O. The first-order chi connectivity index (χ1) is 12.0. The van der Waals surface area contributed by atoms with E-state index in [4.69, 9.17) is 0 Å². The summed E-state index contributed by atoms with van der Waals surface area (Å²) < 4.78 is 0. The topological polar surface area (TPSA) is 69.6 Å². The zero-order valence-electron chi connectivity index (χ0n) is 15.9. The molecule has 2 N–H and O–H groups in total. The Bertz CT molecular complexity index is 582. The van der Waals surface area contributed by atoms with Crippen molar-refractivity contribution in [1.29, 1.82) is 0 Å². The third kappa shape index (κ3) is 6.36. The number of nitrogens with zero attached hydrogens (tertiary/aromatic N) is 3. The molecule has 25 heavy (non-hydrogen) atoms. The summed E-state index contributed by atoms with van der Waals surface area (Å²) in [7, 11) is 1.80. The van der Waals surface area contributed by atoms with E-state index in [0.717, 1.165) is 36.4 Å². The first kappa shape index (κ1) is 19.2. The molecule has 0 aromatic carbocycles. The first-order valence-electron chi connectivity index (χ1n) is 9.16. The Hall–Kier alpha value is -2.11. The Balaban J connectivity index is 1.72. The molecule has 6 nitrogen and oxygen atoms in total. The Morgan fingerprint density at radius 1 is 1.44 bits per heavy atom. The van der Waals surface area contributed by atoms with Gasteiger partial charge in [-0.1, -0.05) is 19.9 Å². The van der Waals surface area contributed by atoms with Crippen LogP contribution in [0.1, 0.15) is 38.7 Å². The number of pyridine rings is 1. The Morgan fingerprint density at radius 2 is 2.24 bits per heavy atom. The van der Waals surface area contributed by atoms with Gasteiger partial charge in [0.25, 0.3) is 0 Å². The van der Waals surface area contributed by atoms with Gasteiger partial charge in [-0.2, -0.15) is 0 Å². The van der Waals surface area contributed by atoms with Crippen LogP contribution in [0.2, 0.25) is 0 Å². The minimum atomic E-state index is -0.0431. The molecule has 1 atom stereocenters. The fourth-order valence-corrected chi connectivity index (χ4v) is 3.25. The van der Waals surface area contributed by atoms with Crippen molar-refractivity contribution in [2.75, 3.05) is 32.0 Å². The second-order valence-corrected chi connectivity index (χ2v) is 7.22. The van der Waals surface area contributed by atoms with Crippen LogP contribution in [0.3, 0.4) is 0 Å². The molecule has 2 heterocycles. The van der Waals surface area contributed by atoms with Crippen molar-refractivity contribution in [2.24, 2.45) is 16.8 Å². The molecule has 0 aliphatic carbocycles. The summed E-state index contributed by atoms with van der Waals surface area (Å²) in [5.74, 6) is 2.93. The number of aromatic nitrogens is 1. The molecule has 1 aliphatic rings. The molecular weight excluding hydrogens is 314 g/mol. The lowest BCUT2D eigenvalue weighted by Crippen LogP contribution is -2.41. The summed E-state index contributed by atoms with van der Waals surface area (Å²) in [6, 6.07) is 3.75. The highest BCUT2D eigenvalue weighted by atomic mass is 16.1. The molecule has 6 heteroatoms. The largest absolute Gasteiger partial charge is 0.356 e. The average molecular weight is 345 g/mol. The lowest BCUT2D eigenvalue weighted by Gasteiger charge is -2.22. The molecule has 1 aromatic rings. The van der Waals surface area contributed by atoms with Gasteiger partial charge in [-0.25, -0.2) is 4.98 Å². The van der Waals surface area contributed by atoms with E-state index in [2.05, 4.69) is 39.4 Å². The van der Waals surface area contributed by atoms with Crippen molar-refractivity contribution in [1.82, 2.24) is 15.2 Å². The maximum absolute atomic E-state index is 12.0. The van der Waals surface area contributed by atoms with Gasteiger partial charge in [0.1, 0.15) is 5.82 Å².